The first-order chi connectivity index (χ1) is 7.72. The van der Waals surface area contributed by atoms with Crippen molar-refractivity contribution in [3.8, 4) is 11.1 Å². The van der Waals surface area contributed by atoms with E-state index in [2.05, 4.69) is 0 Å². The molecule has 2 aromatic carbocycles. The molecule has 0 heterocycles. The van der Waals surface area contributed by atoms with Gasteiger partial charge in [0.2, 0.25) is 0 Å². The molecule has 0 spiro atoms. The van der Waals surface area contributed by atoms with Crippen molar-refractivity contribution in [3.05, 3.63) is 48.0 Å². The summed E-state index contributed by atoms with van der Waals surface area (Å²) in [5.41, 5.74) is 21.9. The molecule has 6 N–H and O–H groups in total. The lowest BCUT2D eigenvalue weighted by atomic mass is 9.98. The van der Waals surface area contributed by atoms with Crippen LogP contribution in [0.25, 0.3) is 11.1 Å². The highest BCUT2D eigenvalue weighted by Gasteiger charge is 2.06. The molecule has 2 aromatic rings. The van der Waals surface area contributed by atoms with Crippen LogP contribution < -0.4 is 17.2 Å². The van der Waals surface area contributed by atoms with Crippen molar-refractivity contribution in [2.24, 2.45) is 5.73 Å². The van der Waals surface area contributed by atoms with E-state index in [1.165, 1.54) is 0 Å². The number of benzene rings is 2. The Hall–Kier alpha value is -2.00. The number of rotatable bonds is 2. The van der Waals surface area contributed by atoms with Crippen molar-refractivity contribution in [2.45, 2.75) is 6.54 Å². The summed E-state index contributed by atoms with van der Waals surface area (Å²) >= 11 is 0. The van der Waals surface area contributed by atoms with Gasteiger partial charge in [-0.1, -0.05) is 24.3 Å². The van der Waals surface area contributed by atoms with Gasteiger partial charge in [-0.15, -0.1) is 0 Å². The van der Waals surface area contributed by atoms with E-state index in [4.69, 9.17) is 17.2 Å². The minimum Gasteiger partial charge on any atom is -0.399 e. The predicted octanol–water partition coefficient (Wildman–Crippen LogP) is 1.98. The Bertz CT molecular complexity index is 489. The zero-order valence-corrected chi connectivity index (χ0v) is 8.98. The van der Waals surface area contributed by atoms with Crippen LogP contribution in [-0.2, 0) is 6.54 Å². The monoisotopic (exact) mass is 213 g/mol. The van der Waals surface area contributed by atoms with Crippen LogP contribution in [0.15, 0.2) is 42.5 Å². The molecule has 0 bridgehead atoms. The summed E-state index contributed by atoms with van der Waals surface area (Å²) in [5, 5.41) is 0. The summed E-state index contributed by atoms with van der Waals surface area (Å²) in [4.78, 5) is 0. The fourth-order valence-corrected chi connectivity index (χ4v) is 1.77. The molecule has 3 nitrogen and oxygen atoms in total. The molecule has 0 radical (unpaired) electrons. The van der Waals surface area contributed by atoms with Crippen molar-refractivity contribution in [1.82, 2.24) is 0 Å². The van der Waals surface area contributed by atoms with Gasteiger partial charge in [0.1, 0.15) is 0 Å². The van der Waals surface area contributed by atoms with Gasteiger partial charge in [-0.05, 0) is 34.9 Å². The molecule has 82 valence electrons. The van der Waals surface area contributed by atoms with Crippen LogP contribution in [0.1, 0.15) is 5.56 Å². The Morgan fingerprint density at radius 1 is 0.875 bits per heavy atom. The van der Waals surface area contributed by atoms with Crippen molar-refractivity contribution in [2.75, 3.05) is 11.5 Å². The molecular formula is C13H15N3. The third-order valence-electron chi connectivity index (χ3n) is 2.64. The Balaban J connectivity index is 2.55. The Kier molecular flexibility index (Phi) is 2.79. The Morgan fingerprint density at radius 2 is 1.56 bits per heavy atom. The number of nitrogen functional groups attached to an aromatic ring is 2. The second-order valence-corrected chi connectivity index (χ2v) is 3.70. The molecule has 0 aliphatic rings. The van der Waals surface area contributed by atoms with Crippen molar-refractivity contribution in [1.29, 1.82) is 0 Å². The van der Waals surface area contributed by atoms with Gasteiger partial charge in [0.05, 0.1) is 0 Å². The highest BCUT2D eigenvalue weighted by molar-refractivity contribution is 5.73. The molecule has 0 aliphatic heterocycles. The van der Waals surface area contributed by atoms with Crippen LogP contribution in [0.5, 0.6) is 0 Å². The number of hydrogen-bond acceptors (Lipinski definition) is 3. The first kappa shape index (κ1) is 10.5. The lowest BCUT2D eigenvalue weighted by molar-refractivity contribution is 1.08. The quantitative estimate of drug-likeness (QED) is 0.667. The topological polar surface area (TPSA) is 78.1 Å². The highest BCUT2D eigenvalue weighted by Crippen LogP contribution is 2.27. The molecule has 3 heteroatoms. The molecule has 0 saturated carbocycles. The van der Waals surface area contributed by atoms with Crippen LogP contribution in [0, 0.1) is 0 Å². The van der Waals surface area contributed by atoms with Crippen LogP contribution >= 0.6 is 0 Å². The maximum atomic E-state index is 5.89. The molecule has 0 fully saturated rings. The van der Waals surface area contributed by atoms with Crippen LogP contribution in [0.2, 0.25) is 0 Å². The third kappa shape index (κ3) is 1.85. The van der Waals surface area contributed by atoms with E-state index in [1.807, 2.05) is 42.5 Å². The summed E-state index contributed by atoms with van der Waals surface area (Å²) < 4.78 is 0. The second kappa shape index (κ2) is 4.24. The molecule has 0 amide bonds. The zero-order valence-electron chi connectivity index (χ0n) is 8.98. The van der Waals surface area contributed by atoms with Gasteiger partial charge in [-0.3, -0.25) is 0 Å². The van der Waals surface area contributed by atoms with Crippen LogP contribution in [0.3, 0.4) is 0 Å². The predicted molar refractivity (Wildman–Crippen MR) is 68.6 cm³/mol. The van der Waals surface area contributed by atoms with Gasteiger partial charge in [-0.2, -0.15) is 0 Å². The maximum Gasteiger partial charge on any atom is 0.0365 e. The lowest BCUT2D eigenvalue weighted by Gasteiger charge is -2.10. The molecular weight excluding hydrogens is 198 g/mol. The zero-order chi connectivity index (χ0) is 11.5. The molecule has 0 aliphatic carbocycles. The second-order valence-electron chi connectivity index (χ2n) is 3.70. The standard InChI is InChI=1S/C13H15N3/c14-8-12-11(2-1-3-13(12)16)9-4-6-10(15)7-5-9/h1-7H,8,14-16H2. The van der Waals surface area contributed by atoms with Crippen LogP contribution in [-0.4, -0.2) is 0 Å². The summed E-state index contributed by atoms with van der Waals surface area (Å²) in [6.45, 7) is 0.437. The Labute approximate surface area is 94.9 Å². The lowest BCUT2D eigenvalue weighted by Crippen LogP contribution is -2.03. The first-order valence-corrected chi connectivity index (χ1v) is 5.15. The van der Waals surface area contributed by atoms with Crippen LogP contribution in [0.4, 0.5) is 11.4 Å². The minimum atomic E-state index is 0.437. The van der Waals surface area contributed by atoms with Gasteiger partial charge in [0.25, 0.3) is 0 Å². The van der Waals surface area contributed by atoms with E-state index in [-0.39, 0.29) is 0 Å². The largest absolute Gasteiger partial charge is 0.399 e. The Morgan fingerprint density at radius 3 is 2.19 bits per heavy atom. The molecule has 16 heavy (non-hydrogen) atoms. The first-order valence-electron chi connectivity index (χ1n) is 5.15. The molecule has 0 unspecified atom stereocenters. The van der Waals surface area contributed by atoms with Gasteiger partial charge < -0.3 is 17.2 Å². The third-order valence-corrected chi connectivity index (χ3v) is 2.64. The number of nitrogens with two attached hydrogens (primary N) is 3. The normalized spacial score (nSPS) is 10.3. The van der Waals surface area contributed by atoms with E-state index >= 15 is 0 Å². The summed E-state index contributed by atoms with van der Waals surface area (Å²) in [6.07, 6.45) is 0. The van der Waals surface area contributed by atoms with Crippen molar-refractivity contribution >= 4 is 11.4 Å². The average Bonchev–Trinajstić information content (AvgIpc) is 2.30. The van der Waals surface area contributed by atoms with Gasteiger partial charge >= 0.3 is 0 Å². The maximum absolute atomic E-state index is 5.89. The fraction of sp³-hybridized carbons (Fsp3) is 0.0769. The van der Waals surface area contributed by atoms with E-state index in [0.29, 0.717) is 6.54 Å². The molecule has 0 aromatic heterocycles. The fourth-order valence-electron chi connectivity index (χ4n) is 1.77. The number of hydrogen-bond donors (Lipinski definition) is 3. The summed E-state index contributed by atoms with van der Waals surface area (Å²) in [6, 6.07) is 13.5. The minimum absolute atomic E-state index is 0.437. The van der Waals surface area contributed by atoms with Gasteiger partial charge in [0.15, 0.2) is 0 Å². The molecule has 2 rings (SSSR count). The number of anilines is 2. The van der Waals surface area contributed by atoms with Crippen molar-refractivity contribution in [3.63, 3.8) is 0 Å². The van der Waals surface area contributed by atoms with Crippen molar-refractivity contribution < 1.29 is 0 Å². The SMILES string of the molecule is NCc1c(N)cccc1-c1ccc(N)cc1. The summed E-state index contributed by atoms with van der Waals surface area (Å²) in [7, 11) is 0. The average molecular weight is 213 g/mol. The molecule has 0 atom stereocenters. The van der Waals surface area contributed by atoms with E-state index < -0.39 is 0 Å². The summed E-state index contributed by atoms with van der Waals surface area (Å²) in [5.74, 6) is 0. The van der Waals surface area contributed by atoms with E-state index in [0.717, 1.165) is 28.1 Å². The van der Waals surface area contributed by atoms with Gasteiger partial charge in [0, 0.05) is 17.9 Å². The van der Waals surface area contributed by atoms with E-state index in [9.17, 15) is 0 Å². The van der Waals surface area contributed by atoms with Gasteiger partial charge in [-0.25, -0.2) is 0 Å². The highest BCUT2D eigenvalue weighted by atomic mass is 14.6. The van der Waals surface area contributed by atoms with E-state index in [1.54, 1.807) is 0 Å². The molecule has 0 saturated heterocycles. The smallest absolute Gasteiger partial charge is 0.0365 e.